The van der Waals surface area contributed by atoms with Crippen LogP contribution in [0.25, 0.3) is 0 Å². The van der Waals surface area contributed by atoms with Gasteiger partial charge in [0.1, 0.15) is 0 Å². The summed E-state index contributed by atoms with van der Waals surface area (Å²) in [6.45, 7) is 7.34. The molecule has 0 aliphatic heterocycles. The van der Waals surface area contributed by atoms with Gasteiger partial charge in [-0.3, -0.25) is 9.69 Å². The minimum atomic E-state index is 0.191. The highest BCUT2D eigenvalue weighted by Gasteiger charge is 2.12. The molecule has 0 bridgehead atoms. The van der Waals surface area contributed by atoms with Crippen molar-refractivity contribution in [3.8, 4) is 0 Å². The first-order valence-electron chi connectivity index (χ1n) is 4.92. The number of aromatic amines is 1. The predicted molar refractivity (Wildman–Crippen MR) is 57.8 cm³/mol. The van der Waals surface area contributed by atoms with Gasteiger partial charge in [-0.25, -0.2) is 0 Å². The quantitative estimate of drug-likeness (QED) is 0.741. The molecule has 0 radical (unpaired) electrons. The molecule has 0 aromatic carbocycles. The first kappa shape index (κ1) is 11.0. The summed E-state index contributed by atoms with van der Waals surface area (Å²) in [7, 11) is 1.95. The molecule has 0 unspecified atom stereocenters. The van der Waals surface area contributed by atoms with Crippen molar-refractivity contribution in [3.05, 3.63) is 23.0 Å². The van der Waals surface area contributed by atoms with Crippen LogP contribution in [0.3, 0.4) is 0 Å². The SMILES string of the molecule is CCN(C)CC(=O)c1cc(C)[nH]c1C. The molecule has 0 aliphatic carbocycles. The minimum Gasteiger partial charge on any atom is -0.362 e. The van der Waals surface area contributed by atoms with Crippen molar-refractivity contribution in [1.29, 1.82) is 0 Å². The highest BCUT2D eigenvalue weighted by Crippen LogP contribution is 2.10. The number of carbonyl (C=O) groups is 1. The number of Topliss-reactive ketones (excluding diaryl/α,β-unsaturated/α-hetero) is 1. The highest BCUT2D eigenvalue weighted by molar-refractivity contribution is 5.98. The lowest BCUT2D eigenvalue weighted by Crippen LogP contribution is -2.25. The van der Waals surface area contributed by atoms with Crippen LogP contribution in [0.15, 0.2) is 6.07 Å². The Hall–Kier alpha value is -1.09. The third-order valence-corrected chi connectivity index (χ3v) is 2.40. The summed E-state index contributed by atoms with van der Waals surface area (Å²) in [5, 5.41) is 0. The van der Waals surface area contributed by atoms with Crippen LogP contribution in [0.2, 0.25) is 0 Å². The van der Waals surface area contributed by atoms with Crippen LogP contribution in [-0.2, 0) is 0 Å². The normalized spacial score (nSPS) is 10.9. The minimum absolute atomic E-state index is 0.191. The van der Waals surface area contributed by atoms with E-state index >= 15 is 0 Å². The molecule has 0 saturated heterocycles. The number of nitrogens with one attached hydrogen (secondary N) is 1. The third kappa shape index (κ3) is 2.45. The van der Waals surface area contributed by atoms with Gasteiger partial charge in [-0.05, 0) is 33.5 Å². The fraction of sp³-hybridized carbons (Fsp3) is 0.545. The number of ketones is 1. The maximum absolute atomic E-state index is 11.8. The van der Waals surface area contributed by atoms with Crippen LogP contribution in [0, 0.1) is 13.8 Å². The van der Waals surface area contributed by atoms with E-state index in [4.69, 9.17) is 0 Å². The largest absolute Gasteiger partial charge is 0.362 e. The van der Waals surface area contributed by atoms with Gasteiger partial charge in [-0.2, -0.15) is 0 Å². The van der Waals surface area contributed by atoms with Gasteiger partial charge in [0.15, 0.2) is 5.78 Å². The van der Waals surface area contributed by atoms with Gasteiger partial charge < -0.3 is 4.98 Å². The van der Waals surface area contributed by atoms with Crippen molar-refractivity contribution in [3.63, 3.8) is 0 Å². The van der Waals surface area contributed by atoms with Crippen molar-refractivity contribution in [2.45, 2.75) is 20.8 Å². The third-order valence-electron chi connectivity index (χ3n) is 2.40. The number of carbonyl (C=O) groups excluding carboxylic acids is 1. The number of aryl methyl sites for hydroxylation is 2. The van der Waals surface area contributed by atoms with Crippen molar-refractivity contribution in [2.24, 2.45) is 0 Å². The molecule has 1 N–H and O–H groups in total. The summed E-state index contributed by atoms with van der Waals surface area (Å²) in [6, 6.07) is 1.92. The van der Waals surface area contributed by atoms with Crippen molar-refractivity contribution in [1.82, 2.24) is 9.88 Å². The molecule has 1 aromatic rings. The number of hydrogen-bond donors (Lipinski definition) is 1. The number of likely N-dealkylation sites (N-methyl/N-ethyl adjacent to an activating group) is 1. The molecular weight excluding hydrogens is 176 g/mol. The summed E-state index contributed by atoms with van der Waals surface area (Å²) < 4.78 is 0. The summed E-state index contributed by atoms with van der Waals surface area (Å²) in [5.74, 6) is 0.191. The fourth-order valence-electron chi connectivity index (χ4n) is 1.46. The molecule has 3 heteroatoms. The van der Waals surface area contributed by atoms with Gasteiger partial charge in [0.2, 0.25) is 0 Å². The number of nitrogens with zero attached hydrogens (tertiary/aromatic N) is 1. The Kier molecular flexibility index (Phi) is 3.47. The molecule has 14 heavy (non-hydrogen) atoms. The molecule has 0 fully saturated rings. The number of hydrogen-bond acceptors (Lipinski definition) is 2. The second-order valence-corrected chi connectivity index (χ2v) is 3.74. The average molecular weight is 194 g/mol. The molecular formula is C11H18N2O. The van der Waals surface area contributed by atoms with Crippen LogP contribution in [0.4, 0.5) is 0 Å². The van der Waals surface area contributed by atoms with E-state index < -0.39 is 0 Å². The average Bonchev–Trinajstić information content (AvgIpc) is 2.45. The Morgan fingerprint density at radius 2 is 2.14 bits per heavy atom. The van der Waals surface area contributed by atoms with E-state index in [1.54, 1.807) is 0 Å². The van der Waals surface area contributed by atoms with E-state index in [0.29, 0.717) is 6.54 Å². The van der Waals surface area contributed by atoms with Crippen LogP contribution in [-0.4, -0.2) is 35.8 Å². The lowest BCUT2D eigenvalue weighted by atomic mass is 10.1. The zero-order valence-corrected chi connectivity index (χ0v) is 9.35. The summed E-state index contributed by atoms with van der Waals surface area (Å²) in [5.41, 5.74) is 2.84. The fourth-order valence-corrected chi connectivity index (χ4v) is 1.46. The second kappa shape index (κ2) is 4.42. The molecule has 0 aliphatic rings. The summed E-state index contributed by atoms with van der Waals surface area (Å²) >= 11 is 0. The standard InChI is InChI=1S/C11H18N2O/c1-5-13(4)7-11(14)10-6-8(2)12-9(10)3/h6,12H,5,7H2,1-4H3. The molecule has 1 rings (SSSR count). The Morgan fingerprint density at radius 3 is 2.57 bits per heavy atom. The second-order valence-electron chi connectivity index (χ2n) is 3.74. The van der Waals surface area contributed by atoms with E-state index in [0.717, 1.165) is 23.5 Å². The Bertz CT molecular complexity index is 328. The lowest BCUT2D eigenvalue weighted by molar-refractivity contribution is 0.0948. The first-order valence-corrected chi connectivity index (χ1v) is 4.92. The lowest BCUT2D eigenvalue weighted by Gasteiger charge is -2.11. The van der Waals surface area contributed by atoms with Crippen molar-refractivity contribution in [2.75, 3.05) is 20.1 Å². The molecule has 1 heterocycles. The van der Waals surface area contributed by atoms with Gasteiger partial charge in [0, 0.05) is 17.0 Å². The van der Waals surface area contributed by atoms with Gasteiger partial charge in [-0.1, -0.05) is 6.92 Å². The van der Waals surface area contributed by atoms with E-state index in [2.05, 4.69) is 4.98 Å². The van der Waals surface area contributed by atoms with Crippen LogP contribution in [0.1, 0.15) is 28.7 Å². The van der Waals surface area contributed by atoms with Crippen molar-refractivity contribution < 1.29 is 4.79 Å². The van der Waals surface area contributed by atoms with Crippen LogP contribution >= 0.6 is 0 Å². The van der Waals surface area contributed by atoms with Gasteiger partial charge >= 0.3 is 0 Å². The predicted octanol–water partition coefficient (Wildman–Crippen LogP) is 1.77. The topological polar surface area (TPSA) is 36.1 Å². The monoisotopic (exact) mass is 194 g/mol. The maximum atomic E-state index is 11.8. The van der Waals surface area contributed by atoms with E-state index in [9.17, 15) is 4.79 Å². The zero-order valence-electron chi connectivity index (χ0n) is 9.35. The molecule has 0 atom stereocenters. The van der Waals surface area contributed by atoms with E-state index in [1.165, 1.54) is 0 Å². The van der Waals surface area contributed by atoms with Gasteiger partial charge in [0.05, 0.1) is 6.54 Å². The molecule has 3 nitrogen and oxygen atoms in total. The highest BCUT2D eigenvalue weighted by atomic mass is 16.1. The molecule has 78 valence electrons. The molecule has 0 amide bonds. The Labute approximate surface area is 85.1 Å². The van der Waals surface area contributed by atoms with Gasteiger partial charge in [-0.15, -0.1) is 0 Å². The van der Waals surface area contributed by atoms with E-state index in [-0.39, 0.29) is 5.78 Å². The molecule has 1 aromatic heterocycles. The summed E-state index contributed by atoms with van der Waals surface area (Å²) in [4.78, 5) is 16.9. The number of H-pyrrole nitrogens is 1. The van der Waals surface area contributed by atoms with Crippen LogP contribution in [0.5, 0.6) is 0 Å². The zero-order chi connectivity index (χ0) is 10.7. The molecule has 0 spiro atoms. The summed E-state index contributed by atoms with van der Waals surface area (Å²) in [6.07, 6.45) is 0. The van der Waals surface area contributed by atoms with Crippen molar-refractivity contribution >= 4 is 5.78 Å². The van der Waals surface area contributed by atoms with Crippen LogP contribution < -0.4 is 0 Å². The smallest absolute Gasteiger partial charge is 0.178 e. The maximum Gasteiger partial charge on any atom is 0.178 e. The molecule has 0 saturated carbocycles. The van der Waals surface area contributed by atoms with E-state index in [1.807, 2.05) is 38.8 Å². The van der Waals surface area contributed by atoms with Gasteiger partial charge in [0.25, 0.3) is 0 Å². The Morgan fingerprint density at radius 1 is 1.50 bits per heavy atom. The number of aromatic nitrogens is 1. The Balaban J connectivity index is 2.74. The first-order chi connectivity index (χ1) is 6.54. The number of rotatable bonds is 4.